The zero-order chi connectivity index (χ0) is 38.6. The predicted octanol–water partition coefficient (Wildman–Crippen LogP) is 9.58. The van der Waals surface area contributed by atoms with Crippen molar-refractivity contribution >= 4 is 149 Å². The molecule has 10 rings (SSSR count). The standard InChI is InChI=1S/C43H32Cl3IN4O3Si2/c1-55(2,21-11-20-47)54-56(53-42(52)43(44,45)46)50-38-22-34-26-12-3-4-13-27(26)35(48-34)23-39-32-18-9-10-19-33(32)41(51(39)56)25-37-29-15-6-5-14-28(29)36(49-37)24-40(50)31-17-8-7-16-30(31)38/h3-10,12-19,22-25H,11,20-21H2,1-2H3. The van der Waals surface area contributed by atoms with Crippen LogP contribution in [0, 0.1) is 0 Å². The van der Waals surface area contributed by atoms with Gasteiger partial charge in [-0.3, -0.25) is 8.47 Å². The molecule has 1 unspecified atom stereocenters. The Morgan fingerprint density at radius 2 is 1.12 bits per heavy atom. The summed E-state index contributed by atoms with van der Waals surface area (Å²) >= 11 is 22.0. The van der Waals surface area contributed by atoms with Crippen LogP contribution in [0.3, 0.4) is 0 Å². The number of aromatic nitrogens is 2. The first kappa shape index (κ1) is 36.3. The van der Waals surface area contributed by atoms with Crippen molar-refractivity contribution in [3.05, 3.63) is 141 Å². The first-order valence-electron chi connectivity index (χ1n) is 18.3. The Hall–Kier alpha value is -4.02. The summed E-state index contributed by atoms with van der Waals surface area (Å²) < 4.78 is 17.7. The maximum absolute atomic E-state index is 14.6. The number of benzene rings is 4. The van der Waals surface area contributed by atoms with Gasteiger partial charge in [0, 0.05) is 65.9 Å². The van der Waals surface area contributed by atoms with E-state index in [2.05, 4.69) is 117 Å². The molecule has 4 aromatic carbocycles. The number of rotatable bonds is 6. The molecule has 6 aromatic rings. The SMILES string of the molecule is C[Si](C)(CCCI)O[Si]1(OC(=O)C(Cl)(Cl)Cl)n2c3c4ccccc4c2C=C2N=C(C=c4c5ccccc5c(n41)=CC1=NC(=C3)c3ccccc31)c1ccccc12. The lowest BCUT2D eigenvalue weighted by molar-refractivity contribution is -0.135. The van der Waals surface area contributed by atoms with Gasteiger partial charge in [0.1, 0.15) is 0 Å². The van der Waals surface area contributed by atoms with Gasteiger partial charge in [0.15, 0.2) is 8.32 Å². The maximum Gasteiger partial charge on any atom is 0.656 e. The quantitative estimate of drug-likeness (QED) is 0.0950. The van der Waals surface area contributed by atoms with Crippen LogP contribution in [0.25, 0.3) is 57.2 Å². The minimum atomic E-state index is -4.54. The molecule has 0 saturated carbocycles. The number of nitrogens with zero attached hydrogens (tertiary/aromatic N) is 4. The summed E-state index contributed by atoms with van der Waals surface area (Å²) in [6, 6.07) is 33.8. The molecule has 1 atom stereocenters. The van der Waals surface area contributed by atoms with Gasteiger partial charge in [0.05, 0.1) is 22.8 Å². The molecule has 2 aromatic heterocycles. The summed E-state index contributed by atoms with van der Waals surface area (Å²) in [4.78, 5) is 25.2. The van der Waals surface area contributed by atoms with E-state index in [1.165, 1.54) is 0 Å². The zero-order valence-corrected chi connectivity index (χ0v) is 36.6. The molecule has 13 heteroatoms. The fourth-order valence-electron chi connectivity index (χ4n) is 8.48. The van der Waals surface area contributed by atoms with Gasteiger partial charge in [-0.2, -0.15) is 0 Å². The number of fused-ring (bicyclic) bond motifs is 14. The Labute approximate surface area is 353 Å². The fraction of sp³-hybridized carbons (Fsp3) is 0.140. The maximum atomic E-state index is 14.6. The fourth-order valence-corrected chi connectivity index (χ4v) is 17.8. The third-order valence-electron chi connectivity index (χ3n) is 10.8. The molecule has 0 aliphatic carbocycles. The number of carbonyl (C=O) groups excluding carboxylic acids is 1. The van der Waals surface area contributed by atoms with Crippen LogP contribution in [0.4, 0.5) is 0 Å². The first-order valence-corrected chi connectivity index (χ1v) is 25.8. The van der Waals surface area contributed by atoms with E-state index >= 15 is 0 Å². The Bertz CT molecular complexity index is 2810. The number of carbonyl (C=O) groups is 1. The highest BCUT2D eigenvalue weighted by Gasteiger charge is 2.59. The van der Waals surface area contributed by atoms with Crippen LogP contribution in [-0.4, -0.2) is 51.3 Å². The monoisotopic (exact) mass is 940 g/mol. The number of hydrogen-bond acceptors (Lipinski definition) is 5. The van der Waals surface area contributed by atoms with Gasteiger partial charge in [-0.05, 0) is 54.3 Å². The highest BCUT2D eigenvalue weighted by atomic mass is 127. The van der Waals surface area contributed by atoms with Gasteiger partial charge in [-0.15, -0.1) is 0 Å². The molecule has 4 aliphatic rings. The summed E-state index contributed by atoms with van der Waals surface area (Å²) in [5, 5.41) is 5.22. The van der Waals surface area contributed by atoms with E-state index in [-0.39, 0.29) is 0 Å². The lowest BCUT2D eigenvalue weighted by Crippen LogP contribution is -2.69. The summed E-state index contributed by atoms with van der Waals surface area (Å²) in [6.07, 6.45) is 9.31. The van der Waals surface area contributed by atoms with E-state index in [9.17, 15) is 4.79 Å². The van der Waals surface area contributed by atoms with E-state index in [0.717, 1.165) is 106 Å². The minimum Gasteiger partial charge on any atom is -0.459 e. The van der Waals surface area contributed by atoms with Gasteiger partial charge in [0.2, 0.25) is 0 Å². The summed E-state index contributed by atoms with van der Waals surface area (Å²) in [6.45, 7) is 4.37. The van der Waals surface area contributed by atoms with Crippen molar-refractivity contribution in [2.45, 2.75) is 29.4 Å². The summed E-state index contributed by atoms with van der Waals surface area (Å²) in [5.74, 6) is -1.02. The largest absolute Gasteiger partial charge is 0.656 e. The second-order valence-electron chi connectivity index (χ2n) is 14.8. The van der Waals surface area contributed by atoms with E-state index < -0.39 is 27.0 Å². The van der Waals surface area contributed by atoms with Gasteiger partial charge in [-0.25, -0.2) is 14.8 Å². The Morgan fingerprint density at radius 3 is 1.59 bits per heavy atom. The molecule has 6 bridgehead atoms. The highest BCUT2D eigenvalue weighted by Crippen LogP contribution is 2.42. The van der Waals surface area contributed by atoms with Crippen molar-refractivity contribution in [1.82, 2.24) is 8.47 Å². The van der Waals surface area contributed by atoms with Crippen molar-refractivity contribution in [2.24, 2.45) is 9.98 Å². The lowest BCUT2D eigenvalue weighted by Gasteiger charge is -2.39. The number of halogens is 4. The molecule has 4 aliphatic heterocycles. The van der Waals surface area contributed by atoms with Gasteiger partial charge in [-0.1, -0.05) is 154 Å². The molecule has 7 nitrogen and oxygen atoms in total. The lowest BCUT2D eigenvalue weighted by atomic mass is 10.0. The van der Waals surface area contributed by atoms with E-state index in [4.69, 9.17) is 53.3 Å². The highest BCUT2D eigenvalue weighted by molar-refractivity contribution is 14.1. The number of hydrogen-bond donors (Lipinski definition) is 0. The van der Waals surface area contributed by atoms with Crippen LogP contribution in [0.1, 0.15) is 40.1 Å². The molecule has 0 fully saturated rings. The average molecular weight is 942 g/mol. The average Bonchev–Trinajstić information content (AvgIpc) is 3.90. The minimum absolute atomic E-state index is 0.761. The van der Waals surface area contributed by atoms with Crippen molar-refractivity contribution in [2.75, 3.05) is 4.43 Å². The molecule has 56 heavy (non-hydrogen) atoms. The van der Waals surface area contributed by atoms with E-state index in [1.807, 2.05) is 48.5 Å². The summed E-state index contributed by atoms with van der Waals surface area (Å²) in [7, 11) is -7.30. The molecule has 278 valence electrons. The Kier molecular flexibility index (Phi) is 8.61. The second-order valence-corrected chi connectivity index (χ2v) is 25.2. The van der Waals surface area contributed by atoms with Crippen molar-refractivity contribution in [3.8, 4) is 0 Å². The topological polar surface area (TPSA) is 70.1 Å². The molecule has 0 saturated heterocycles. The zero-order valence-electron chi connectivity index (χ0n) is 30.2. The Balaban J connectivity index is 1.52. The first-order chi connectivity index (χ1) is 27.0. The van der Waals surface area contributed by atoms with Crippen molar-refractivity contribution in [3.63, 3.8) is 0 Å². The molecule has 0 amide bonds. The van der Waals surface area contributed by atoms with Crippen LogP contribution >= 0.6 is 57.4 Å². The molecular weight excluding hydrogens is 910 g/mol. The van der Waals surface area contributed by atoms with Gasteiger partial charge in [0.25, 0.3) is 3.79 Å². The Morgan fingerprint density at radius 1 is 0.679 bits per heavy atom. The predicted molar refractivity (Wildman–Crippen MR) is 244 cm³/mol. The smallest absolute Gasteiger partial charge is 0.459 e. The number of aliphatic imine (C=N–C) groups is 2. The normalized spacial score (nSPS) is 17.9. The third kappa shape index (κ3) is 5.63. The van der Waals surface area contributed by atoms with Gasteiger partial charge >= 0.3 is 14.9 Å². The van der Waals surface area contributed by atoms with Crippen LogP contribution in [0.15, 0.2) is 107 Å². The van der Waals surface area contributed by atoms with Crippen LogP contribution in [-0.2, 0) is 13.3 Å². The molecule has 6 heterocycles. The molecule has 0 spiro atoms. The van der Waals surface area contributed by atoms with Gasteiger partial charge < -0.3 is 8.54 Å². The molecule has 0 N–H and O–H groups in total. The third-order valence-corrected chi connectivity index (χ3v) is 19.4. The van der Waals surface area contributed by atoms with Crippen LogP contribution < -0.4 is 10.7 Å². The number of alkyl halides is 4. The molecular formula is C43H32Cl3IN4O3Si2. The second kappa shape index (κ2) is 13.3. The van der Waals surface area contributed by atoms with Crippen molar-refractivity contribution < 1.29 is 13.3 Å². The van der Waals surface area contributed by atoms with Crippen molar-refractivity contribution in [1.29, 1.82) is 0 Å². The van der Waals surface area contributed by atoms with E-state index in [1.54, 1.807) is 0 Å². The van der Waals surface area contributed by atoms with Crippen LogP contribution in [0.5, 0.6) is 0 Å². The molecule has 0 radical (unpaired) electrons. The summed E-state index contributed by atoms with van der Waals surface area (Å²) in [5.41, 5.74) is 8.63. The van der Waals surface area contributed by atoms with Crippen LogP contribution in [0.2, 0.25) is 19.1 Å². The van der Waals surface area contributed by atoms with E-state index in [0.29, 0.717) is 0 Å².